The van der Waals surface area contributed by atoms with E-state index < -0.39 is 0 Å². The summed E-state index contributed by atoms with van der Waals surface area (Å²) in [5.74, 6) is -0.509. The minimum Gasteiger partial charge on any atom is -0.289 e. The van der Waals surface area contributed by atoms with Gasteiger partial charge in [0.25, 0.3) is 0 Å². The van der Waals surface area contributed by atoms with Crippen LogP contribution in [-0.4, -0.2) is 5.78 Å². The van der Waals surface area contributed by atoms with E-state index in [-0.39, 0.29) is 11.6 Å². The van der Waals surface area contributed by atoms with E-state index >= 15 is 0 Å². The molecule has 86 valence electrons. The molecule has 0 fully saturated rings. The van der Waals surface area contributed by atoms with Crippen LogP contribution in [0.15, 0.2) is 42.5 Å². The lowest BCUT2D eigenvalue weighted by Crippen LogP contribution is -1.93. The van der Waals surface area contributed by atoms with Crippen molar-refractivity contribution >= 4 is 34.8 Å². The zero-order valence-corrected chi connectivity index (χ0v) is 10.3. The number of benzene rings is 1. The number of hydrogen-bond acceptors (Lipinski definition) is 2. The predicted molar refractivity (Wildman–Crippen MR) is 69.1 cm³/mol. The van der Waals surface area contributed by atoms with E-state index in [1.807, 2.05) is 6.07 Å². The summed E-state index contributed by atoms with van der Waals surface area (Å²) in [6.45, 7) is 0. The fraction of sp³-hybridized carbons (Fsp3) is 0. The first-order valence-corrected chi connectivity index (χ1v) is 6.08. The topological polar surface area (TPSA) is 17.1 Å². The quantitative estimate of drug-likeness (QED) is 0.593. The highest BCUT2D eigenvalue weighted by Gasteiger charge is 2.01. The van der Waals surface area contributed by atoms with Crippen LogP contribution < -0.4 is 0 Å². The van der Waals surface area contributed by atoms with Gasteiger partial charge < -0.3 is 0 Å². The number of hydrogen-bond donors (Lipinski definition) is 0. The third-order valence-corrected chi connectivity index (χ3v) is 3.32. The lowest BCUT2D eigenvalue weighted by atomic mass is 10.1. The van der Waals surface area contributed by atoms with Crippen molar-refractivity contribution < 1.29 is 9.18 Å². The van der Waals surface area contributed by atoms with Crippen LogP contribution in [0.2, 0.25) is 4.34 Å². The molecule has 0 unspecified atom stereocenters. The highest BCUT2D eigenvalue weighted by molar-refractivity contribution is 7.17. The molecule has 0 aliphatic carbocycles. The molecule has 1 aromatic carbocycles. The number of ketones is 1. The van der Waals surface area contributed by atoms with Crippen molar-refractivity contribution in [2.75, 3.05) is 0 Å². The second-order valence-corrected chi connectivity index (χ2v) is 5.09. The zero-order chi connectivity index (χ0) is 12.3. The van der Waals surface area contributed by atoms with E-state index in [0.29, 0.717) is 9.90 Å². The molecule has 1 aromatic heterocycles. The molecular weight excluding hydrogens is 259 g/mol. The standard InChI is InChI=1S/C13H8ClFOS/c14-13-8-6-11(17-13)5-7-12(16)9-1-3-10(15)4-2-9/h1-8H. The van der Waals surface area contributed by atoms with Gasteiger partial charge in [-0.3, -0.25) is 4.79 Å². The molecule has 1 nitrogen and oxygen atoms in total. The average molecular weight is 267 g/mol. The molecule has 4 heteroatoms. The summed E-state index contributed by atoms with van der Waals surface area (Å²) in [6, 6.07) is 9.06. The SMILES string of the molecule is O=C(C=Cc1ccc(Cl)s1)c1ccc(F)cc1. The number of carbonyl (C=O) groups excluding carboxylic acids is 1. The van der Waals surface area contributed by atoms with Crippen LogP contribution in [0, 0.1) is 5.82 Å². The van der Waals surface area contributed by atoms with Gasteiger partial charge in [0.05, 0.1) is 4.34 Å². The summed E-state index contributed by atoms with van der Waals surface area (Å²) in [5.41, 5.74) is 0.463. The zero-order valence-electron chi connectivity index (χ0n) is 8.69. The Bertz CT molecular complexity index is 557. The summed E-state index contributed by atoms with van der Waals surface area (Å²) in [6.07, 6.45) is 3.15. The van der Waals surface area contributed by atoms with Crippen LogP contribution in [0.25, 0.3) is 6.08 Å². The fourth-order valence-electron chi connectivity index (χ4n) is 1.29. The van der Waals surface area contributed by atoms with Gasteiger partial charge in [0.15, 0.2) is 5.78 Å². The van der Waals surface area contributed by atoms with Crippen molar-refractivity contribution in [3.8, 4) is 0 Å². The van der Waals surface area contributed by atoms with E-state index in [2.05, 4.69) is 0 Å². The molecule has 0 bridgehead atoms. The average Bonchev–Trinajstić information content (AvgIpc) is 2.73. The molecule has 0 saturated heterocycles. The van der Waals surface area contributed by atoms with Crippen molar-refractivity contribution in [1.29, 1.82) is 0 Å². The van der Waals surface area contributed by atoms with E-state index in [9.17, 15) is 9.18 Å². The Labute approximate surface area is 107 Å². The highest BCUT2D eigenvalue weighted by atomic mass is 35.5. The first kappa shape index (κ1) is 12.0. The molecule has 0 N–H and O–H groups in total. The molecule has 17 heavy (non-hydrogen) atoms. The normalized spacial score (nSPS) is 10.9. The number of thiophene rings is 1. The molecule has 0 aliphatic heterocycles. The van der Waals surface area contributed by atoms with Crippen molar-refractivity contribution in [3.05, 3.63) is 63.1 Å². The van der Waals surface area contributed by atoms with Gasteiger partial charge in [0.1, 0.15) is 5.82 Å². The first-order valence-electron chi connectivity index (χ1n) is 4.88. The number of halogens is 2. The number of carbonyl (C=O) groups is 1. The van der Waals surface area contributed by atoms with Crippen molar-refractivity contribution in [2.45, 2.75) is 0 Å². The Morgan fingerprint density at radius 3 is 2.47 bits per heavy atom. The summed E-state index contributed by atoms with van der Waals surface area (Å²) < 4.78 is 13.3. The largest absolute Gasteiger partial charge is 0.289 e. The Hall–Kier alpha value is -1.45. The van der Waals surface area contributed by atoms with Crippen molar-refractivity contribution in [3.63, 3.8) is 0 Å². The maximum Gasteiger partial charge on any atom is 0.185 e. The third-order valence-electron chi connectivity index (χ3n) is 2.12. The molecule has 0 saturated carbocycles. The molecule has 2 rings (SSSR count). The van der Waals surface area contributed by atoms with Gasteiger partial charge >= 0.3 is 0 Å². The Morgan fingerprint density at radius 2 is 1.88 bits per heavy atom. The summed E-state index contributed by atoms with van der Waals surface area (Å²) in [5, 5.41) is 0. The monoisotopic (exact) mass is 266 g/mol. The lowest BCUT2D eigenvalue weighted by Gasteiger charge is -1.94. The number of allylic oxidation sites excluding steroid dienone is 1. The molecule has 0 radical (unpaired) electrons. The van der Waals surface area contributed by atoms with Gasteiger partial charge in [-0.15, -0.1) is 11.3 Å². The minimum absolute atomic E-state index is 0.158. The maximum absolute atomic E-state index is 12.7. The van der Waals surface area contributed by atoms with Crippen LogP contribution in [0.3, 0.4) is 0 Å². The van der Waals surface area contributed by atoms with Crippen molar-refractivity contribution in [1.82, 2.24) is 0 Å². The lowest BCUT2D eigenvalue weighted by molar-refractivity contribution is 0.104. The first-order chi connectivity index (χ1) is 8.15. The molecule has 0 spiro atoms. The summed E-state index contributed by atoms with van der Waals surface area (Å²) in [7, 11) is 0. The van der Waals surface area contributed by atoms with Crippen LogP contribution in [0.1, 0.15) is 15.2 Å². The van der Waals surface area contributed by atoms with E-state index in [1.54, 1.807) is 12.1 Å². The van der Waals surface area contributed by atoms with Crippen LogP contribution in [-0.2, 0) is 0 Å². The van der Waals surface area contributed by atoms with Crippen LogP contribution >= 0.6 is 22.9 Å². The van der Waals surface area contributed by atoms with Gasteiger partial charge in [0, 0.05) is 10.4 Å². The van der Waals surface area contributed by atoms with Crippen molar-refractivity contribution in [2.24, 2.45) is 0 Å². The Morgan fingerprint density at radius 1 is 1.18 bits per heavy atom. The van der Waals surface area contributed by atoms with Gasteiger partial charge in [-0.05, 0) is 48.6 Å². The van der Waals surface area contributed by atoms with Gasteiger partial charge in [-0.1, -0.05) is 11.6 Å². The molecule has 0 aliphatic rings. The summed E-state index contributed by atoms with van der Waals surface area (Å²) >= 11 is 7.16. The van der Waals surface area contributed by atoms with Gasteiger partial charge in [-0.2, -0.15) is 0 Å². The van der Waals surface area contributed by atoms with E-state index in [1.165, 1.54) is 41.7 Å². The minimum atomic E-state index is -0.351. The van der Waals surface area contributed by atoms with E-state index in [4.69, 9.17) is 11.6 Å². The molecule has 0 amide bonds. The van der Waals surface area contributed by atoms with Gasteiger partial charge in [-0.25, -0.2) is 4.39 Å². The predicted octanol–water partition coefficient (Wildman–Crippen LogP) is 4.44. The second kappa shape index (κ2) is 5.25. The van der Waals surface area contributed by atoms with Gasteiger partial charge in [0.2, 0.25) is 0 Å². The maximum atomic E-state index is 12.7. The Balaban J connectivity index is 2.11. The van der Waals surface area contributed by atoms with E-state index in [0.717, 1.165) is 4.88 Å². The molecule has 1 heterocycles. The smallest absolute Gasteiger partial charge is 0.185 e. The molecule has 2 aromatic rings. The Kier molecular flexibility index (Phi) is 3.71. The van der Waals surface area contributed by atoms with Crippen LogP contribution in [0.5, 0.6) is 0 Å². The molecule has 0 atom stereocenters. The third kappa shape index (κ3) is 3.25. The van der Waals surface area contributed by atoms with Crippen LogP contribution in [0.4, 0.5) is 4.39 Å². The fourth-order valence-corrected chi connectivity index (χ4v) is 2.25. The highest BCUT2D eigenvalue weighted by Crippen LogP contribution is 2.22. The number of rotatable bonds is 3. The second-order valence-electron chi connectivity index (χ2n) is 3.35. The summed E-state index contributed by atoms with van der Waals surface area (Å²) in [4.78, 5) is 12.6. The molecular formula is C13H8ClFOS.